The number of methoxy groups -OCH3 is 1. The third-order valence-electron chi connectivity index (χ3n) is 3.33. The third kappa shape index (κ3) is 5.22. The lowest BCUT2D eigenvalue weighted by molar-refractivity contribution is -0.115. The van der Waals surface area contributed by atoms with E-state index in [2.05, 4.69) is 22.8 Å². The van der Waals surface area contributed by atoms with E-state index in [1.807, 2.05) is 42.5 Å². The molecule has 0 aromatic heterocycles. The minimum Gasteiger partial charge on any atom is -0.495 e. The van der Waals surface area contributed by atoms with Gasteiger partial charge < -0.3 is 15.4 Å². The van der Waals surface area contributed by atoms with Gasteiger partial charge in [0.25, 0.3) is 0 Å². The highest BCUT2D eigenvalue weighted by Crippen LogP contribution is 2.22. The number of amides is 1. The molecule has 0 saturated heterocycles. The quantitative estimate of drug-likeness (QED) is 0.737. The normalized spacial score (nSPS) is 10.2. The summed E-state index contributed by atoms with van der Waals surface area (Å²) >= 11 is 0. The van der Waals surface area contributed by atoms with Crippen molar-refractivity contribution in [3.05, 3.63) is 60.2 Å². The lowest BCUT2D eigenvalue weighted by Gasteiger charge is -2.10. The van der Waals surface area contributed by atoms with Crippen molar-refractivity contribution in [2.24, 2.45) is 0 Å². The van der Waals surface area contributed by atoms with Crippen LogP contribution in [-0.2, 0) is 11.2 Å². The van der Waals surface area contributed by atoms with Crippen LogP contribution in [0.2, 0.25) is 0 Å². The molecule has 2 aromatic rings. The van der Waals surface area contributed by atoms with Crippen LogP contribution in [-0.4, -0.2) is 26.1 Å². The maximum atomic E-state index is 11.9. The third-order valence-corrected chi connectivity index (χ3v) is 3.33. The van der Waals surface area contributed by atoms with Gasteiger partial charge in [0.05, 0.1) is 19.3 Å². The second-order valence-electron chi connectivity index (χ2n) is 5.01. The first kappa shape index (κ1) is 16.0. The van der Waals surface area contributed by atoms with E-state index in [0.29, 0.717) is 18.0 Å². The molecule has 0 saturated carbocycles. The molecule has 2 N–H and O–H groups in total. The molecule has 0 fully saturated rings. The highest BCUT2D eigenvalue weighted by molar-refractivity contribution is 5.93. The van der Waals surface area contributed by atoms with Crippen molar-refractivity contribution in [2.45, 2.75) is 12.8 Å². The van der Waals surface area contributed by atoms with Crippen LogP contribution in [0.3, 0.4) is 0 Å². The smallest absolute Gasteiger partial charge is 0.238 e. The summed E-state index contributed by atoms with van der Waals surface area (Å²) in [5.41, 5.74) is 2.02. The van der Waals surface area contributed by atoms with Gasteiger partial charge in [0.15, 0.2) is 0 Å². The monoisotopic (exact) mass is 298 g/mol. The van der Waals surface area contributed by atoms with Crippen LogP contribution in [0.25, 0.3) is 0 Å². The summed E-state index contributed by atoms with van der Waals surface area (Å²) in [6.07, 6.45) is 2.02. The number of hydrogen-bond donors (Lipinski definition) is 2. The van der Waals surface area contributed by atoms with Crippen LogP contribution in [0.15, 0.2) is 54.6 Å². The number of aryl methyl sites for hydroxylation is 1. The van der Waals surface area contributed by atoms with Crippen molar-refractivity contribution in [1.29, 1.82) is 0 Å². The summed E-state index contributed by atoms with van der Waals surface area (Å²) < 4.78 is 5.20. The van der Waals surface area contributed by atoms with Gasteiger partial charge in [0.1, 0.15) is 5.75 Å². The zero-order chi connectivity index (χ0) is 15.6. The van der Waals surface area contributed by atoms with Crippen molar-refractivity contribution in [1.82, 2.24) is 5.32 Å². The van der Waals surface area contributed by atoms with E-state index in [0.717, 1.165) is 19.4 Å². The molecule has 0 unspecified atom stereocenters. The largest absolute Gasteiger partial charge is 0.495 e. The number of rotatable bonds is 8. The summed E-state index contributed by atoms with van der Waals surface area (Å²) in [4.78, 5) is 11.9. The Kier molecular flexibility index (Phi) is 6.45. The number of hydrogen-bond acceptors (Lipinski definition) is 3. The van der Waals surface area contributed by atoms with E-state index < -0.39 is 0 Å². The molecule has 22 heavy (non-hydrogen) atoms. The van der Waals surface area contributed by atoms with Gasteiger partial charge in [-0.3, -0.25) is 4.79 Å². The van der Waals surface area contributed by atoms with Crippen LogP contribution in [0.5, 0.6) is 5.75 Å². The second-order valence-corrected chi connectivity index (χ2v) is 5.01. The van der Waals surface area contributed by atoms with Crippen molar-refractivity contribution in [3.8, 4) is 5.75 Å². The van der Waals surface area contributed by atoms with E-state index in [-0.39, 0.29) is 5.91 Å². The predicted molar refractivity (Wildman–Crippen MR) is 89.3 cm³/mol. The topological polar surface area (TPSA) is 50.4 Å². The Morgan fingerprint density at radius 2 is 1.77 bits per heavy atom. The number of anilines is 1. The lowest BCUT2D eigenvalue weighted by atomic mass is 10.1. The molecule has 0 radical (unpaired) electrons. The Morgan fingerprint density at radius 3 is 2.55 bits per heavy atom. The Balaban J connectivity index is 1.65. The molecule has 0 bridgehead atoms. The SMILES string of the molecule is COc1ccccc1NC(=O)CNCCCc1ccccc1. The summed E-state index contributed by atoms with van der Waals surface area (Å²) in [5.74, 6) is 0.601. The summed E-state index contributed by atoms with van der Waals surface area (Å²) in [5, 5.41) is 6.00. The van der Waals surface area contributed by atoms with Crippen LogP contribution < -0.4 is 15.4 Å². The van der Waals surface area contributed by atoms with Crippen LogP contribution >= 0.6 is 0 Å². The van der Waals surface area contributed by atoms with Gasteiger partial charge in [0, 0.05) is 0 Å². The van der Waals surface area contributed by atoms with Crippen LogP contribution in [0.1, 0.15) is 12.0 Å². The number of para-hydroxylation sites is 2. The Bertz CT molecular complexity index is 585. The number of ether oxygens (including phenoxy) is 1. The first-order valence-electron chi connectivity index (χ1n) is 7.47. The average molecular weight is 298 g/mol. The van der Waals surface area contributed by atoms with Gasteiger partial charge in [-0.15, -0.1) is 0 Å². The van der Waals surface area contributed by atoms with Crippen LogP contribution in [0, 0.1) is 0 Å². The Hall–Kier alpha value is -2.33. The first-order valence-corrected chi connectivity index (χ1v) is 7.47. The molecular weight excluding hydrogens is 276 g/mol. The molecule has 116 valence electrons. The molecule has 2 rings (SSSR count). The van der Waals surface area contributed by atoms with Crippen molar-refractivity contribution < 1.29 is 9.53 Å². The second kappa shape index (κ2) is 8.85. The highest BCUT2D eigenvalue weighted by atomic mass is 16.5. The maximum absolute atomic E-state index is 11.9. The minimum atomic E-state index is -0.0655. The van der Waals surface area contributed by atoms with Gasteiger partial charge in [-0.25, -0.2) is 0 Å². The van der Waals surface area contributed by atoms with Crippen molar-refractivity contribution in [2.75, 3.05) is 25.5 Å². The van der Waals surface area contributed by atoms with Crippen molar-refractivity contribution in [3.63, 3.8) is 0 Å². The van der Waals surface area contributed by atoms with E-state index in [1.165, 1.54) is 5.56 Å². The van der Waals surface area contributed by atoms with E-state index in [1.54, 1.807) is 7.11 Å². The predicted octanol–water partition coefficient (Wildman–Crippen LogP) is 2.86. The molecule has 0 aliphatic rings. The van der Waals surface area contributed by atoms with Gasteiger partial charge in [0.2, 0.25) is 5.91 Å². The van der Waals surface area contributed by atoms with E-state index in [4.69, 9.17) is 4.74 Å². The number of carbonyl (C=O) groups excluding carboxylic acids is 1. The molecular formula is C18H22N2O2. The maximum Gasteiger partial charge on any atom is 0.238 e. The number of benzene rings is 2. The summed E-state index contributed by atoms with van der Waals surface area (Å²) in [6.45, 7) is 1.11. The molecule has 0 spiro atoms. The fraction of sp³-hybridized carbons (Fsp3) is 0.278. The van der Waals surface area contributed by atoms with Gasteiger partial charge >= 0.3 is 0 Å². The average Bonchev–Trinajstić information content (AvgIpc) is 2.56. The van der Waals surface area contributed by atoms with Crippen molar-refractivity contribution >= 4 is 11.6 Å². The first-order chi connectivity index (χ1) is 10.8. The molecule has 0 aliphatic carbocycles. The fourth-order valence-electron chi connectivity index (χ4n) is 2.21. The van der Waals surface area contributed by atoms with Crippen LogP contribution in [0.4, 0.5) is 5.69 Å². The number of carbonyl (C=O) groups is 1. The van der Waals surface area contributed by atoms with E-state index >= 15 is 0 Å². The molecule has 0 aliphatic heterocycles. The molecule has 0 heterocycles. The molecule has 0 atom stereocenters. The Labute approximate surface area is 131 Å². The highest BCUT2D eigenvalue weighted by Gasteiger charge is 2.05. The zero-order valence-electron chi connectivity index (χ0n) is 12.8. The molecule has 2 aromatic carbocycles. The molecule has 4 nitrogen and oxygen atoms in total. The lowest BCUT2D eigenvalue weighted by Crippen LogP contribution is -2.29. The zero-order valence-corrected chi connectivity index (χ0v) is 12.8. The van der Waals surface area contributed by atoms with Gasteiger partial charge in [-0.05, 0) is 37.1 Å². The minimum absolute atomic E-state index is 0.0655. The standard InChI is InChI=1S/C18H22N2O2/c1-22-17-12-6-5-11-16(17)20-18(21)14-19-13-7-10-15-8-3-2-4-9-15/h2-6,8-9,11-12,19H,7,10,13-14H2,1H3,(H,20,21). The van der Waals surface area contributed by atoms with E-state index in [9.17, 15) is 4.79 Å². The fourth-order valence-corrected chi connectivity index (χ4v) is 2.21. The molecule has 1 amide bonds. The van der Waals surface area contributed by atoms with Gasteiger partial charge in [-0.1, -0.05) is 42.5 Å². The Morgan fingerprint density at radius 1 is 1.05 bits per heavy atom. The molecule has 4 heteroatoms. The summed E-state index contributed by atoms with van der Waals surface area (Å²) in [7, 11) is 1.59. The number of nitrogens with one attached hydrogen (secondary N) is 2. The van der Waals surface area contributed by atoms with Gasteiger partial charge in [-0.2, -0.15) is 0 Å². The summed E-state index contributed by atoms with van der Waals surface area (Å²) in [6, 6.07) is 17.7.